The van der Waals surface area contributed by atoms with Crippen molar-refractivity contribution < 1.29 is 17.9 Å². The Labute approximate surface area is 119 Å². The number of halogens is 3. The molecule has 0 spiro atoms. The van der Waals surface area contributed by atoms with Crippen molar-refractivity contribution in [2.24, 2.45) is 5.73 Å². The SMILES string of the molecule is CCn1ncnc1COc1ccc(CN)cc1C(F)(F)F. The molecule has 0 unspecified atom stereocenters. The van der Waals surface area contributed by atoms with Gasteiger partial charge in [0.1, 0.15) is 18.7 Å². The van der Waals surface area contributed by atoms with Crippen molar-refractivity contribution in [2.45, 2.75) is 32.8 Å². The van der Waals surface area contributed by atoms with Gasteiger partial charge >= 0.3 is 6.18 Å². The highest BCUT2D eigenvalue weighted by molar-refractivity contribution is 5.39. The van der Waals surface area contributed by atoms with E-state index in [2.05, 4.69) is 10.1 Å². The van der Waals surface area contributed by atoms with Gasteiger partial charge in [0, 0.05) is 13.1 Å². The van der Waals surface area contributed by atoms with Crippen LogP contribution in [0.2, 0.25) is 0 Å². The van der Waals surface area contributed by atoms with Crippen molar-refractivity contribution in [3.8, 4) is 5.75 Å². The third-order valence-electron chi connectivity index (χ3n) is 2.94. The molecule has 5 nitrogen and oxygen atoms in total. The van der Waals surface area contributed by atoms with Gasteiger partial charge in [0.05, 0.1) is 5.56 Å². The minimum absolute atomic E-state index is 0.0352. The predicted molar refractivity (Wildman–Crippen MR) is 69.4 cm³/mol. The molecule has 0 aliphatic rings. The average Bonchev–Trinajstić information content (AvgIpc) is 2.91. The number of hydrogen-bond acceptors (Lipinski definition) is 4. The molecule has 0 aliphatic heterocycles. The fourth-order valence-corrected chi connectivity index (χ4v) is 1.86. The second kappa shape index (κ2) is 6.13. The summed E-state index contributed by atoms with van der Waals surface area (Å²) in [6.45, 7) is 2.37. The highest BCUT2D eigenvalue weighted by Crippen LogP contribution is 2.37. The molecule has 1 aromatic heterocycles. The molecule has 0 bridgehead atoms. The molecule has 21 heavy (non-hydrogen) atoms. The first-order valence-electron chi connectivity index (χ1n) is 6.35. The summed E-state index contributed by atoms with van der Waals surface area (Å²) in [5, 5.41) is 3.93. The topological polar surface area (TPSA) is 66.0 Å². The van der Waals surface area contributed by atoms with E-state index >= 15 is 0 Å². The fraction of sp³-hybridized carbons (Fsp3) is 0.385. The van der Waals surface area contributed by atoms with Gasteiger partial charge in [-0.1, -0.05) is 6.07 Å². The lowest BCUT2D eigenvalue weighted by Crippen LogP contribution is -2.12. The largest absolute Gasteiger partial charge is 0.485 e. The molecule has 2 N–H and O–H groups in total. The van der Waals surface area contributed by atoms with Crippen LogP contribution in [0.25, 0.3) is 0 Å². The summed E-state index contributed by atoms with van der Waals surface area (Å²) >= 11 is 0. The van der Waals surface area contributed by atoms with Crippen molar-refractivity contribution in [3.05, 3.63) is 41.5 Å². The molecule has 0 aliphatic carbocycles. The van der Waals surface area contributed by atoms with Crippen molar-refractivity contribution >= 4 is 0 Å². The van der Waals surface area contributed by atoms with Crippen LogP contribution in [0.5, 0.6) is 5.75 Å². The van der Waals surface area contributed by atoms with Gasteiger partial charge < -0.3 is 10.5 Å². The molecule has 0 amide bonds. The number of rotatable bonds is 5. The third-order valence-corrected chi connectivity index (χ3v) is 2.94. The molecular formula is C13H15F3N4O. The Kier molecular flexibility index (Phi) is 4.46. The lowest BCUT2D eigenvalue weighted by molar-refractivity contribution is -0.139. The van der Waals surface area contributed by atoms with E-state index < -0.39 is 11.7 Å². The average molecular weight is 300 g/mol. The molecule has 0 saturated heterocycles. The molecule has 1 heterocycles. The van der Waals surface area contributed by atoms with Crippen LogP contribution in [-0.2, 0) is 25.9 Å². The van der Waals surface area contributed by atoms with E-state index in [0.717, 1.165) is 6.07 Å². The maximum absolute atomic E-state index is 13.0. The van der Waals surface area contributed by atoms with E-state index in [9.17, 15) is 13.2 Å². The maximum atomic E-state index is 13.0. The van der Waals surface area contributed by atoms with E-state index in [-0.39, 0.29) is 18.9 Å². The van der Waals surface area contributed by atoms with Gasteiger partial charge in [0.25, 0.3) is 0 Å². The molecule has 0 saturated carbocycles. The second-order valence-electron chi connectivity index (χ2n) is 4.31. The summed E-state index contributed by atoms with van der Waals surface area (Å²) in [6, 6.07) is 3.78. The summed E-state index contributed by atoms with van der Waals surface area (Å²) in [4.78, 5) is 3.95. The first-order chi connectivity index (χ1) is 9.95. The van der Waals surface area contributed by atoms with Gasteiger partial charge in [-0.15, -0.1) is 0 Å². The zero-order chi connectivity index (χ0) is 15.5. The summed E-state index contributed by atoms with van der Waals surface area (Å²) in [7, 11) is 0. The van der Waals surface area contributed by atoms with Gasteiger partial charge in [-0.3, -0.25) is 0 Å². The monoisotopic (exact) mass is 300 g/mol. The minimum Gasteiger partial charge on any atom is -0.485 e. The lowest BCUT2D eigenvalue weighted by atomic mass is 10.1. The number of aryl methyl sites for hydroxylation is 1. The maximum Gasteiger partial charge on any atom is 0.419 e. The number of nitrogens with two attached hydrogens (primary N) is 1. The first-order valence-corrected chi connectivity index (χ1v) is 6.35. The van der Waals surface area contributed by atoms with Crippen LogP contribution in [0, 0.1) is 0 Å². The fourth-order valence-electron chi connectivity index (χ4n) is 1.86. The van der Waals surface area contributed by atoms with Gasteiger partial charge in [-0.25, -0.2) is 9.67 Å². The Hall–Kier alpha value is -2.09. The van der Waals surface area contributed by atoms with Gasteiger partial charge in [0.2, 0.25) is 0 Å². The minimum atomic E-state index is -4.50. The van der Waals surface area contributed by atoms with E-state index in [0.29, 0.717) is 17.9 Å². The van der Waals surface area contributed by atoms with E-state index in [1.54, 1.807) is 4.68 Å². The van der Waals surface area contributed by atoms with E-state index in [1.807, 2.05) is 6.92 Å². The number of benzene rings is 1. The Morgan fingerprint density at radius 1 is 1.33 bits per heavy atom. The Morgan fingerprint density at radius 2 is 2.10 bits per heavy atom. The molecule has 2 rings (SSSR count). The Morgan fingerprint density at radius 3 is 2.71 bits per heavy atom. The van der Waals surface area contributed by atoms with Crippen LogP contribution < -0.4 is 10.5 Å². The highest BCUT2D eigenvalue weighted by Gasteiger charge is 2.34. The summed E-state index contributed by atoms with van der Waals surface area (Å²) < 4.78 is 45.9. The lowest BCUT2D eigenvalue weighted by Gasteiger charge is -2.15. The summed E-state index contributed by atoms with van der Waals surface area (Å²) in [5.41, 5.74) is 4.93. The quantitative estimate of drug-likeness (QED) is 0.920. The van der Waals surface area contributed by atoms with Crippen molar-refractivity contribution in [2.75, 3.05) is 0 Å². The van der Waals surface area contributed by atoms with Crippen molar-refractivity contribution in [3.63, 3.8) is 0 Å². The molecule has 0 radical (unpaired) electrons. The molecule has 8 heteroatoms. The predicted octanol–water partition coefficient (Wildman–Crippen LogP) is 2.35. The zero-order valence-corrected chi connectivity index (χ0v) is 11.4. The standard InChI is InChI=1S/C13H15F3N4O/c1-2-20-12(18-8-19-20)7-21-11-4-3-9(6-17)5-10(11)13(14,15)16/h3-5,8H,2,6-7,17H2,1H3. The smallest absolute Gasteiger partial charge is 0.419 e. The van der Waals surface area contributed by atoms with Gasteiger partial charge in [-0.05, 0) is 24.6 Å². The Balaban J connectivity index is 2.23. The van der Waals surface area contributed by atoms with Crippen LogP contribution >= 0.6 is 0 Å². The van der Waals surface area contributed by atoms with Gasteiger partial charge in [-0.2, -0.15) is 18.3 Å². The molecule has 114 valence electrons. The van der Waals surface area contributed by atoms with Gasteiger partial charge in [0.15, 0.2) is 5.82 Å². The van der Waals surface area contributed by atoms with Crippen LogP contribution in [0.15, 0.2) is 24.5 Å². The number of nitrogens with zero attached hydrogens (tertiary/aromatic N) is 3. The van der Waals surface area contributed by atoms with Crippen LogP contribution in [0.3, 0.4) is 0 Å². The first kappa shape index (κ1) is 15.3. The molecule has 1 aromatic carbocycles. The zero-order valence-electron chi connectivity index (χ0n) is 11.4. The highest BCUT2D eigenvalue weighted by atomic mass is 19.4. The van der Waals surface area contributed by atoms with E-state index in [1.165, 1.54) is 18.5 Å². The van der Waals surface area contributed by atoms with Crippen molar-refractivity contribution in [1.29, 1.82) is 0 Å². The van der Waals surface area contributed by atoms with Crippen LogP contribution in [0.1, 0.15) is 23.9 Å². The Bertz CT molecular complexity index is 610. The molecule has 2 aromatic rings. The summed E-state index contributed by atoms with van der Waals surface area (Å²) in [6.07, 6.45) is -3.16. The number of aromatic nitrogens is 3. The number of ether oxygens (including phenoxy) is 1. The molecule has 0 atom stereocenters. The normalized spacial score (nSPS) is 11.7. The number of hydrogen-bond donors (Lipinski definition) is 1. The second-order valence-corrected chi connectivity index (χ2v) is 4.31. The molecular weight excluding hydrogens is 285 g/mol. The summed E-state index contributed by atoms with van der Waals surface area (Å²) in [5.74, 6) is 0.221. The van der Waals surface area contributed by atoms with Crippen molar-refractivity contribution in [1.82, 2.24) is 14.8 Å². The molecule has 0 fully saturated rings. The van der Waals surface area contributed by atoms with Crippen LogP contribution in [0.4, 0.5) is 13.2 Å². The van der Waals surface area contributed by atoms with E-state index in [4.69, 9.17) is 10.5 Å². The number of alkyl halides is 3. The van der Waals surface area contributed by atoms with Crippen LogP contribution in [-0.4, -0.2) is 14.8 Å². The third kappa shape index (κ3) is 3.52.